The number of rotatable bonds is 3. The Morgan fingerprint density at radius 2 is 1.92 bits per heavy atom. The van der Waals surface area contributed by atoms with Crippen molar-refractivity contribution in [3.8, 4) is 11.5 Å². The van der Waals surface area contributed by atoms with Gasteiger partial charge in [-0.05, 0) is 25.0 Å². The van der Waals surface area contributed by atoms with Gasteiger partial charge in [-0.15, -0.1) is 0 Å². The molecule has 0 aliphatic carbocycles. The summed E-state index contributed by atoms with van der Waals surface area (Å²) in [5.41, 5.74) is 5.27. The highest BCUT2D eigenvalue weighted by atomic mass is 16.6. The molecule has 0 spiro atoms. The normalized spacial score (nSPS) is 20.5. The van der Waals surface area contributed by atoms with Crippen LogP contribution in [0, 0.1) is 5.92 Å². The number of carbonyl (C=O) groups is 2. The zero-order chi connectivity index (χ0) is 17.1. The van der Waals surface area contributed by atoms with Crippen LogP contribution in [0.2, 0.25) is 0 Å². The van der Waals surface area contributed by atoms with Crippen LogP contribution in [-0.2, 0) is 4.79 Å². The maximum Gasteiger partial charge on any atom is 0.314 e. The average molecular weight is 333 g/mol. The summed E-state index contributed by atoms with van der Waals surface area (Å²) in [4.78, 5) is 27.0. The van der Waals surface area contributed by atoms with Crippen LogP contribution in [-0.4, -0.2) is 61.1 Å². The Bertz CT molecular complexity index is 614. The van der Waals surface area contributed by atoms with Gasteiger partial charge in [0.2, 0.25) is 5.91 Å². The number of nitrogens with zero attached hydrogens (tertiary/aromatic N) is 2. The Balaban J connectivity index is 1.51. The maximum absolute atomic E-state index is 12.6. The number of likely N-dealkylation sites (N-methyl/N-ethyl adjacent to an activating group) is 1. The molecule has 2 N–H and O–H groups in total. The SMILES string of the molecule is CN(C[C@@H]1COc2ccccc2O1)C(=O)C1CCN(C(N)=O)CC1. The lowest BCUT2D eigenvalue weighted by molar-refractivity contribution is -0.136. The number of urea groups is 1. The van der Waals surface area contributed by atoms with Gasteiger partial charge >= 0.3 is 6.03 Å². The van der Waals surface area contributed by atoms with Crippen LogP contribution in [0.3, 0.4) is 0 Å². The van der Waals surface area contributed by atoms with E-state index in [0.717, 1.165) is 5.75 Å². The maximum atomic E-state index is 12.6. The molecule has 1 saturated heterocycles. The highest BCUT2D eigenvalue weighted by Crippen LogP contribution is 2.31. The van der Waals surface area contributed by atoms with Gasteiger partial charge in [-0.2, -0.15) is 0 Å². The van der Waals surface area contributed by atoms with E-state index < -0.39 is 6.03 Å². The molecule has 3 amide bonds. The van der Waals surface area contributed by atoms with E-state index in [0.29, 0.717) is 44.8 Å². The molecule has 1 aromatic carbocycles. The van der Waals surface area contributed by atoms with Gasteiger partial charge in [0, 0.05) is 26.1 Å². The molecule has 130 valence electrons. The highest BCUT2D eigenvalue weighted by Gasteiger charge is 2.30. The van der Waals surface area contributed by atoms with Crippen molar-refractivity contribution in [1.29, 1.82) is 0 Å². The zero-order valence-corrected chi connectivity index (χ0v) is 13.8. The summed E-state index contributed by atoms with van der Waals surface area (Å²) in [5, 5.41) is 0. The first kappa shape index (κ1) is 16.4. The van der Waals surface area contributed by atoms with E-state index >= 15 is 0 Å². The van der Waals surface area contributed by atoms with E-state index in [-0.39, 0.29) is 17.9 Å². The Morgan fingerprint density at radius 1 is 1.25 bits per heavy atom. The van der Waals surface area contributed by atoms with Crippen molar-refractivity contribution in [1.82, 2.24) is 9.80 Å². The van der Waals surface area contributed by atoms with Crippen molar-refractivity contribution < 1.29 is 19.1 Å². The van der Waals surface area contributed by atoms with Crippen LogP contribution in [0.15, 0.2) is 24.3 Å². The van der Waals surface area contributed by atoms with Gasteiger partial charge in [-0.25, -0.2) is 4.79 Å². The van der Waals surface area contributed by atoms with Gasteiger partial charge in [-0.3, -0.25) is 4.79 Å². The average Bonchev–Trinajstić information content (AvgIpc) is 2.61. The lowest BCUT2D eigenvalue weighted by Crippen LogP contribution is -2.47. The Kier molecular flexibility index (Phi) is 4.78. The summed E-state index contributed by atoms with van der Waals surface area (Å²) >= 11 is 0. The molecule has 0 bridgehead atoms. The number of amides is 3. The second-order valence-electron chi connectivity index (χ2n) is 6.32. The van der Waals surface area contributed by atoms with Crippen LogP contribution in [0.5, 0.6) is 11.5 Å². The van der Waals surface area contributed by atoms with Crippen molar-refractivity contribution in [3.05, 3.63) is 24.3 Å². The van der Waals surface area contributed by atoms with Crippen LogP contribution in [0.4, 0.5) is 4.79 Å². The van der Waals surface area contributed by atoms with Gasteiger partial charge in [0.15, 0.2) is 17.6 Å². The van der Waals surface area contributed by atoms with Crippen LogP contribution < -0.4 is 15.2 Å². The standard InChI is InChI=1S/C17H23N3O4/c1-19(16(21)12-6-8-20(9-7-12)17(18)22)10-13-11-23-14-4-2-3-5-15(14)24-13/h2-5,12-13H,6-11H2,1H3,(H2,18,22)/t13-/m1/s1. The van der Waals surface area contributed by atoms with Gasteiger partial charge in [0.25, 0.3) is 0 Å². The summed E-state index contributed by atoms with van der Waals surface area (Å²) in [5.74, 6) is 1.47. The third kappa shape index (κ3) is 3.55. The molecule has 2 heterocycles. The molecule has 24 heavy (non-hydrogen) atoms. The number of para-hydroxylation sites is 2. The number of primary amides is 1. The lowest BCUT2D eigenvalue weighted by atomic mass is 9.95. The molecular weight excluding hydrogens is 310 g/mol. The van der Waals surface area contributed by atoms with Crippen LogP contribution in [0.1, 0.15) is 12.8 Å². The number of likely N-dealkylation sites (tertiary alicyclic amines) is 1. The molecule has 7 nitrogen and oxygen atoms in total. The van der Waals surface area contributed by atoms with Gasteiger partial charge in [0.05, 0.1) is 6.54 Å². The number of ether oxygens (including phenoxy) is 2. The van der Waals surface area contributed by atoms with E-state index in [2.05, 4.69) is 0 Å². The monoisotopic (exact) mass is 333 g/mol. The van der Waals surface area contributed by atoms with E-state index in [9.17, 15) is 9.59 Å². The number of piperidine rings is 1. The Morgan fingerprint density at radius 3 is 2.58 bits per heavy atom. The first-order valence-corrected chi connectivity index (χ1v) is 8.22. The first-order valence-electron chi connectivity index (χ1n) is 8.22. The number of benzene rings is 1. The number of nitrogens with two attached hydrogens (primary N) is 1. The first-order chi connectivity index (χ1) is 11.5. The van der Waals surface area contributed by atoms with Crippen LogP contribution >= 0.6 is 0 Å². The van der Waals surface area contributed by atoms with Crippen molar-refractivity contribution >= 4 is 11.9 Å². The zero-order valence-electron chi connectivity index (χ0n) is 13.8. The summed E-state index contributed by atoms with van der Waals surface area (Å²) in [6, 6.07) is 7.11. The second-order valence-corrected chi connectivity index (χ2v) is 6.32. The number of fused-ring (bicyclic) bond motifs is 1. The van der Waals surface area contributed by atoms with Gasteiger partial charge < -0.3 is 25.0 Å². The molecule has 0 saturated carbocycles. The third-order valence-corrected chi connectivity index (χ3v) is 4.58. The Hall–Kier alpha value is -2.44. The predicted molar refractivity (Wildman–Crippen MR) is 87.9 cm³/mol. The lowest BCUT2D eigenvalue weighted by Gasteiger charge is -2.34. The highest BCUT2D eigenvalue weighted by molar-refractivity contribution is 5.79. The number of hydrogen-bond donors (Lipinski definition) is 1. The molecule has 1 aromatic rings. The molecule has 2 aliphatic rings. The summed E-state index contributed by atoms with van der Waals surface area (Å²) in [6.07, 6.45) is 1.12. The summed E-state index contributed by atoms with van der Waals surface area (Å²) in [6.45, 7) is 1.98. The number of carbonyl (C=O) groups excluding carboxylic acids is 2. The summed E-state index contributed by atoms with van der Waals surface area (Å²) in [7, 11) is 1.78. The fraction of sp³-hybridized carbons (Fsp3) is 0.529. The minimum absolute atomic E-state index is 0.0672. The van der Waals surface area contributed by atoms with Crippen molar-refractivity contribution in [2.45, 2.75) is 18.9 Å². The smallest absolute Gasteiger partial charge is 0.314 e. The van der Waals surface area contributed by atoms with Crippen molar-refractivity contribution in [2.75, 3.05) is 33.3 Å². The fourth-order valence-corrected chi connectivity index (χ4v) is 3.21. The van der Waals surface area contributed by atoms with E-state index in [4.69, 9.17) is 15.2 Å². The van der Waals surface area contributed by atoms with E-state index in [1.807, 2.05) is 24.3 Å². The molecule has 0 unspecified atom stereocenters. The second kappa shape index (κ2) is 6.98. The molecule has 1 atom stereocenters. The summed E-state index contributed by atoms with van der Waals surface area (Å²) < 4.78 is 11.6. The van der Waals surface area contributed by atoms with Crippen molar-refractivity contribution in [3.63, 3.8) is 0 Å². The fourth-order valence-electron chi connectivity index (χ4n) is 3.21. The minimum Gasteiger partial charge on any atom is -0.486 e. The van der Waals surface area contributed by atoms with Gasteiger partial charge in [-0.1, -0.05) is 12.1 Å². The molecule has 7 heteroatoms. The predicted octanol–water partition coefficient (Wildman–Crippen LogP) is 1.08. The third-order valence-electron chi connectivity index (χ3n) is 4.58. The Labute approximate surface area is 141 Å². The van der Waals surface area contributed by atoms with Crippen LogP contribution in [0.25, 0.3) is 0 Å². The topological polar surface area (TPSA) is 85.1 Å². The molecule has 2 aliphatic heterocycles. The molecule has 3 rings (SSSR count). The molecule has 0 radical (unpaired) electrons. The van der Waals surface area contributed by atoms with Gasteiger partial charge in [0.1, 0.15) is 6.61 Å². The quantitative estimate of drug-likeness (QED) is 0.897. The molecule has 1 fully saturated rings. The molecule has 0 aromatic heterocycles. The minimum atomic E-state index is -0.416. The van der Waals surface area contributed by atoms with Crippen molar-refractivity contribution in [2.24, 2.45) is 11.7 Å². The number of hydrogen-bond acceptors (Lipinski definition) is 4. The van der Waals surface area contributed by atoms with E-state index in [1.165, 1.54) is 0 Å². The van der Waals surface area contributed by atoms with E-state index in [1.54, 1.807) is 16.8 Å². The molecular formula is C17H23N3O4. The largest absolute Gasteiger partial charge is 0.486 e.